The Balaban J connectivity index is 2.01. The number of fused-ring (bicyclic) bond motifs is 1. The molecule has 0 aliphatic carbocycles. The molecule has 0 radical (unpaired) electrons. The first-order chi connectivity index (χ1) is 10.1. The van der Waals surface area contributed by atoms with Gasteiger partial charge in [0, 0.05) is 30.7 Å². The number of carbonyl (C=O) groups is 1. The number of hydrogen-bond acceptors (Lipinski definition) is 3. The molecule has 0 saturated carbocycles. The number of carbonyl (C=O) groups excluding carboxylic acids is 1. The van der Waals surface area contributed by atoms with Crippen LogP contribution < -0.4 is 10.9 Å². The minimum Gasteiger partial charge on any atom is -0.333 e. The molecule has 2 N–H and O–H groups in total. The van der Waals surface area contributed by atoms with Crippen molar-refractivity contribution < 1.29 is 4.79 Å². The molecular formula is C16H19N3O2. The SMILES string of the molecule is CC1NCCN(C(=O)c2cc3ccccc3[nH]c2=O)C1C. The van der Waals surface area contributed by atoms with Crippen LogP contribution in [0.3, 0.4) is 0 Å². The van der Waals surface area contributed by atoms with Crippen molar-refractivity contribution in [2.75, 3.05) is 13.1 Å². The number of aromatic amines is 1. The minimum absolute atomic E-state index is 0.0668. The van der Waals surface area contributed by atoms with Crippen molar-refractivity contribution in [3.8, 4) is 0 Å². The third kappa shape index (κ3) is 2.45. The second kappa shape index (κ2) is 5.33. The van der Waals surface area contributed by atoms with Crippen LogP contribution in [0.1, 0.15) is 24.2 Å². The van der Waals surface area contributed by atoms with E-state index in [9.17, 15) is 9.59 Å². The molecule has 0 bridgehead atoms. The van der Waals surface area contributed by atoms with Gasteiger partial charge in [-0.15, -0.1) is 0 Å². The molecule has 1 saturated heterocycles. The summed E-state index contributed by atoms with van der Waals surface area (Å²) >= 11 is 0. The smallest absolute Gasteiger partial charge is 0.261 e. The summed E-state index contributed by atoms with van der Waals surface area (Å²) in [4.78, 5) is 29.4. The molecule has 2 atom stereocenters. The predicted octanol–water partition coefficient (Wildman–Crippen LogP) is 1.35. The summed E-state index contributed by atoms with van der Waals surface area (Å²) in [5, 5.41) is 4.20. The summed E-state index contributed by atoms with van der Waals surface area (Å²) in [5.41, 5.74) is 0.646. The number of hydrogen-bond donors (Lipinski definition) is 2. The van der Waals surface area contributed by atoms with Crippen molar-refractivity contribution in [3.05, 3.63) is 46.2 Å². The molecule has 2 unspecified atom stereocenters. The van der Waals surface area contributed by atoms with E-state index in [1.807, 2.05) is 31.2 Å². The number of benzene rings is 1. The van der Waals surface area contributed by atoms with Crippen molar-refractivity contribution in [1.29, 1.82) is 0 Å². The van der Waals surface area contributed by atoms with Gasteiger partial charge in [-0.05, 0) is 31.4 Å². The topological polar surface area (TPSA) is 65.2 Å². The van der Waals surface area contributed by atoms with Crippen molar-refractivity contribution in [2.24, 2.45) is 0 Å². The number of nitrogens with zero attached hydrogens (tertiary/aromatic N) is 1. The largest absolute Gasteiger partial charge is 0.333 e. The molecule has 0 spiro atoms. The lowest BCUT2D eigenvalue weighted by atomic mass is 10.1. The van der Waals surface area contributed by atoms with E-state index in [4.69, 9.17) is 0 Å². The van der Waals surface area contributed by atoms with E-state index >= 15 is 0 Å². The molecule has 3 rings (SSSR count). The number of nitrogens with one attached hydrogen (secondary N) is 2. The maximum atomic E-state index is 12.7. The molecule has 2 aromatic rings. The van der Waals surface area contributed by atoms with Crippen LogP contribution in [-0.4, -0.2) is 41.0 Å². The average Bonchev–Trinajstić information content (AvgIpc) is 2.48. The monoisotopic (exact) mass is 285 g/mol. The van der Waals surface area contributed by atoms with Crippen molar-refractivity contribution in [1.82, 2.24) is 15.2 Å². The van der Waals surface area contributed by atoms with Crippen LogP contribution >= 0.6 is 0 Å². The van der Waals surface area contributed by atoms with Crippen LogP contribution in [0.5, 0.6) is 0 Å². The highest BCUT2D eigenvalue weighted by molar-refractivity contribution is 5.97. The third-order valence-electron chi connectivity index (χ3n) is 4.28. The predicted molar refractivity (Wildman–Crippen MR) is 82.5 cm³/mol. The fourth-order valence-corrected chi connectivity index (χ4v) is 2.80. The Morgan fingerprint density at radius 3 is 2.86 bits per heavy atom. The average molecular weight is 285 g/mol. The number of para-hydroxylation sites is 1. The van der Waals surface area contributed by atoms with Gasteiger partial charge in [0.1, 0.15) is 5.56 Å². The van der Waals surface area contributed by atoms with Gasteiger partial charge in [-0.2, -0.15) is 0 Å². The van der Waals surface area contributed by atoms with Crippen LogP contribution in [0.15, 0.2) is 35.1 Å². The Morgan fingerprint density at radius 2 is 2.05 bits per heavy atom. The van der Waals surface area contributed by atoms with Crippen LogP contribution in [0.2, 0.25) is 0 Å². The first kappa shape index (κ1) is 13.8. The molecule has 5 nitrogen and oxygen atoms in total. The second-order valence-electron chi connectivity index (χ2n) is 5.58. The lowest BCUT2D eigenvalue weighted by Gasteiger charge is -2.38. The van der Waals surface area contributed by atoms with Gasteiger partial charge in [-0.25, -0.2) is 0 Å². The Labute approximate surface area is 123 Å². The number of rotatable bonds is 1. The van der Waals surface area contributed by atoms with E-state index in [-0.39, 0.29) is 29.1 Å². The highest BCUT2D eigenvalue weighted by Gasteiger charge is 2.30. The molecule has 1 fully saturated rings. The zero-order valence-corrected chi connectivity index (χ0v) is 12.2. The number of H-pyrrole nitrogens is 1. The maximum Gasteiger partial charge on any atom is 0.261 e. The summed E-state index contributed by atoms with van der Waals surface area (Å²) in [6.45, 7) is 5.43. The summed E-state index contributed by atoms with van der Waals surface area (Å²) < 4.78 is 0. The molecule has 1 aromatic carbocycles. The molecule has 21 heavy (non-hydrogen) atoms. The number of piperazine rings is 1. The highest BCUT2D eigenvalue weighted by atomic mass is 16.2. The van der Waals surface area contributed by atoms with E-state index in [1.54, 1.807) is 11.0 Å². The lowest BCUT2D eigenvalue weighted by molar-refractivity contribution is 0.0601. The molecule has 110 valence electrons. The summed E-state index contributed by atoms with van der Waals surface area (Å²) in [6.07, 6.45) is 0. The van der Waals surface area contributed by atoms with Crippen molar-refractivity contribution in [3.63, 3.8) is 0 Å². The zero-order valence-electron chi connectivity index (χ0n) is 12.2. The summed E-state index contributed by atoms with van der Waals surface area (Å²) in [6, 6.07) is 9.46. The van der Waals surface area contributed by atoms with Crippen LogP contribution in [0, 0.1) is 0 Å². The van der Waals surface area contributed by atoms with Gasteiger partial charge in [0.05, 0.1) is 0 Å². The van der Waals surface area contributed by atoms with Crippen LogP contribution in [-0.2, 0) is 0 Å². The van der Waals surface area contributed by atoms with Crippen molar-refractivity contribution >= 4 is 16.8 Å². The van der Waals surface area contributed by atoms with Gasteiger partial charge >= 0.3 is 0 Å². The normalized spacial score (nSPS) is 22.5. The molecule has 1 aliphatic heterocycles. The molecule has 5 heteroatoms. The van der Waals surface area contributed by atoms with E-state index in [1.165, 1.54) is 0 Å². The highest BCUT2D eigenvalue weighted by Crippen LogP contribution is 2.15. The van der Waals surface area contributed by atoms with Gasteiger partial charge in [0.25, 0.3) is 11.5 Å². The second-order valence-corrected chi connectivity index (χ2v) is 5.58. The number of aromatic nitrogens is 1. The molecule has 1 aromatic heterocycles. The van der Waals surface area contributed by atoms with E-state index in [2.05, 4.69) is 17.2 Å². The van der Waals surface area contributed by atoms with Crippen LogP contribution in [0.25, 0.3) is 10.9 Å². The Bertz CT molecular complexity index is 738. The Morgan fingerprint density at radius 1 is 1.29 bits per heavy atom. The van der Waals surface area contributed by atoms with E-state index in [0.29, 0.717) is 6.54 Å². The fraction of sp³-hybridized carbons (Fsp3) is 0.375. The molecule has 1 aliphatic rings. The standard InChI is InChI=1S/C16H19N3O2/c1-10-11(2)19(8-7-17-10)16(21)13-9-12-5-3-4-6-14(12)18-15(13)20/h3-6,9-11,17H,7-8H2,1-2H3,(H,18,20). The van der Waals surface area contributed by atoms with E-state index < -0.39 is 0 Å². The van der Waals surface area contributed by atoms with Gasteiger partial charge < -0.3 is 15.2 Å². The summed E-state index contributed by atoms with van der Waals surface area (Å²) in [7, 11) is 0. The first-order valence-corrected chi connectivity index (χ1v) is 7.24. The Kier molecular flexibility index (Phi) is 3.51. The minimum atomic E-state index is -0.322. The van der Waals surface area contributed by atoms with Gasteiger partial charge in [-0.3, -0.25) is 9.59 Å². The quantitative estimate of drug-likeness (QED) is 0.831. The number of amides is 1. The lowest BCUT2D eigenvalue weighted by Crippen LogP contribution is -2.57. The van der Waals surface area contributed by atoms with Crippen molar-refractivity contribution in [2.45, 2.75) is 25.9 Å². The number of pyridine rings is 1. The maximum absolute atomic E-state index is 12.7. The van der Waals surface area contributed by atoms with E-state index in [0.717, 1.165) is 17.4 Å². The summed E-state index contributed by atoms with van der Waals surface area (Å²) in [5.74, 6) is -0.192. The molecule has 1 amide bonds. The third-order valence-corrected chi connectivity index (χ3v) is 4.28. The van der Waals surface area contributed by atoms with Gasteiger partial charge in [0.15, 0.2) is 0 Å². The van der Waals surface area contributed by atoms with Crippen LogP contribution in [0.4, 0.5) is 0 Å². The molecule has 2 heterocycles. The Hall–Kier alpha value is -2.14. The van der Waals surface area contributed by atoms with Gasteiger partial charge in [0.2, 0.25) is 0 Å². The zero-order chi connectivity index (χ0) is 15.0. The van der Waals surface area contributed by atoms with Gasteiger partial charge in [-0.1, -0.05) is 18.2 Å². The first-order valence-electron chi connectivity index (χ1n) is 7.24. The fourth-order valence-electron chi connectivity index (χ4n) is 2.80. The molecular weight excluding hydrogens is 266 g/mol.